The van der Waals surface area contributed by atoms with Crippen molar-refractivity contribution in [3.8, 4) is 0 Å². The molecular weight excluding hydrogens is 952 g/mol. The highest BCUT2D eigenvalue weighted by molar-refractivity contribution is 7.45. The van der Waals surface area contributed by atoms with Crippen LogP contribution in [0.15, 0.2) is 60.8 Å². The van der Waals surface area contributed by atoms with E-state index in [2.05, 4.69) is 74.7 Å². The third-order valence-corrected chi connectivity index (χ3v) is 14.9. The van der Waals surface area contributed by atoms with Crippen LogP contribution >= 0.6 is 7.82 Å². The van der Waals surface area contributed by atoms with Gasteiger partial charge in [0.1, 0.15) is 19.3 Å². The van der Waals surface area contributed by atoms with Gasteiger partial charge in [-0.15, -0.1) is 0 Å². The van der Waals surface area contributed by atoms with Crippen LogP contribution in [0.1, 0.15) is 290 Å². The molecule has 3 atom stereocenters. The number of quaternary nitrogens is 1. The van der Waals surface area contributed by atoms with Gasteiger partial charge in [0, 0.05) is 12.8 Å². The van der Waals surface area contributed by atoms with Gasteiger partial charge in [0.05, 0.1) is 33.8 Å². The molecule has 9 nitrogen and oxygen atoms in total. The standard InChI is InChI=1S/C65H121N2O7P/c1-7-10-13-16-19-22-25-28-30-32-33-35-36-39-42-45-48-51-54-57-64(68)66-62(61-73-75(70,71)72-60-59-67(4,5)6)63(56-53-50-47-44-41-38-27-24-21-18-15-12-9-3)74-65(69)58-55-52-49-46-43-40-37-34-31-29-26-23-20-17-14-11-8-2/h20,23,29,31,37,40,46,49,53,56,62-63H,7-19,21-22,24-28,30,32-36,38-39,41-45,47-48,50-52,54-55,57-61H2,1-6H3,(H-,66,68,70,71)/b23-20-,31-29-,40-37-,49-46-,56-53+. The van der Waals surface area contributed by atoms with Gasteiger partial charge in [0.15, 0.2) is 0 Å². The number of esters is 1. The van der Waals surface area contributed by atoms with Crippen molar-refractivity contribution in [3.63, 3.8) is 0 Å². The van der Waals surface area contributed by atoms with Crippen LogP contribution in [0.4, 0.5) is 0 Å². The first-order valence-corrected chi connectivity index (χ1v) is 33.1. The molecule has 0 radical (unpaired) electrons. The molecule has 3 unspecified atom stereocenters. The average Bonchev–Trinajstić information content (AvgIpc) is 3.37. The highest BCUT2D eigenvalue weighted by Gasteiger charge is 2.27. The average molecular weight is 1070 g/mol. The first-order chi connectivity index (χ1) is 36.4. The van der Waals surface area contributed by atoms with Gasteiger partial charge >= 0.3 is 5.97 Å². The number of hydrogen-bond acceptors (Lipinski definition) is 7. The van der Waals surface area contributed by atoms with E-state index in [4.69, 9.17) is 13.8 Å². The van der Waals surface area contributed by atoms with E-state index in [9.17, 15) is 19.0 Å². The predicted octanol–water partition coefficient (Wildman–Crippen LogP) is 18.8. The Morgan fingerprint density at radius 1 is 0.467 bits per heavy atom. The summed E-state index contributed by atoms with van der Waals surface area (Å²) in [5.74, 6) is -0.597. The lowest BCUT2D eigenvalue weighted by molar-refractivity contribution is -0.870. The third-order valence-electron chi connectivity index (χ3n) is 14.0. The fraction of sp³-hybridized carbons (Fsp3) is 0.815. The highest BCUT2D eigenvalue weighted by atomic mass is 31.2. The van der Waals surface area contributed by atoms with Gasteiger partial charge in [-0.2, -0.15) is 0 Å². The first-order valence-electron chi connectivity index (χ1n) is 31.6. The minimum absolute atomic E-state index is 0.0303. The lowest BCUT2D eigenvalue weighted by Gasteiger charge is -2.30. The molecule has 75 heavy (non-hydrogen) atoms. The van der Waals surface area contributed by atoms with Crippen molar-refractivity contribution in [3.05, 3.63) is 60.8 Å². The first kappa shape index (κ1) is 72.7. The minimum atomic E-state index is -4.71. The minimum Gasteiger partial charge on any atom is -0.756 e. The van der Waals surface area contributed by atoms with Crippen molar-refractivity contribution in [2.45, 2.75) is 303 Å². The van der Waals surface area contributed by atoms with Crippen molar-refractivity contribution in [1.82, 2.24) is 5.32 Å². The molecule has 0 aromatic heterocycles. The Morgan fingerprint density at radius 3 is 1.27 bits per heavy atom. The van der Waals surface area contributed by atoms with Crippen LogP contribution in [0, 0.1) is 0 Å². The van der Waals surface area contributed by atoms with E-state index in [0.29, 0.717) is 23.9 Å². The summed E-state index contributed by atoms with van der Waals surface area (Å²) >= 11 is 0. The number of amides is 1. The van der Waals surface area contributed by atoms with Crippen molar-refractivity contribution < 1.29 is 37.3 Å². The summed E-state index contributed by atoms with van der Waals surface area (Å²) in [7, 11) is 1.16. The van der Waals surface area contributed by atoms with Gasteiger partial charge in [-0.3, -0.25) is 14.2 Å². The summed E-state index contributed by atoms with van der Waals surface area (Å²) in [4.78, 5) is 40.0. The third kappa shape index (κ3) is 56.2. The molecule has 0 saturated carbocycles. The van der Waals surface area contributed by atoms with E-state index in [1.165, 1.54) is 186 Å². The second kappa shape index (κ2) is 55.0. The number of phosphoric ester groups is 1. The second-order valence-corrected chi connectivity index (χ2v) is 24.0. The molecule has 0 aromatic rings. The Kier molecular flexibility index (Phi) is 53.4. The lowest BCUT2D eigenvalue weighted by atomic mass is 10.0. The van der Waals surface area contributed by atoms with Crippen LogP contribution in [-0.2, 0) is 27.9 Å². The quantitative estimate of drug-likeness (QED) is 0.0212. The zero-order valence-electron chi connectivity index (χ0n) is 50.0. The molecule has 0 bridgehead atoms. The molecule has 1 N–H and O–H groups in total. The largest absolute Gasteiger partial charge is 0.756 e. The van der Waals surface area contributed by atoms with E-state index in [-0.39, 0.29) is 18.9 Å². The summed E-state index contributed by atoms with van der Waals surface area (Å²) in [6.45, 7) is 6.81. The maximum absolute atomic E-state index is 13.5. The number of carbonyl (C=O) groups is 2. The smallest absolute Gasteiger partial charge is 0.306 e. The summed E-state index contributed by atoms with van der Waals surface area (Å²) in [5, 5.41) is 3.02. The fourth-order valence-electron chi connectivity index (χ4n) is 9.05. The van der Waals surface area contributed by atoms with Crippen LogP contribution in [0.5, 0.6) is 0 Å². The number of rotatable bonds is 57. The van der Waals surface area contributed by atoms with Crippen molar-refractivity contribution in [2.24, 2.45) is 0 Å². The van der Waals surface area contributed by atoms with E-state index < -0.39 is 32.5 Å². The Labute approximate surface area is 464 Å². The summed E-state index contributed by atoms with van der Waals surface area (Å²) in [6.07, 6.45) is 69.1. The predicted molar refractivity (Wildman–Crippen MR) is 321 cm³/mol. The molecule has 0 saturated heterocycles. The van der Waals surface area contributed by atoms with E-state index in [1.807, 2.05) is 33.3 Å². The van der Waals surface area contributed by atoms with Crippen LogP contribution in [0.3, 0.4) is 0 Å². The number of ether oxygens (including phenoxy) is 1. The molecule has 0 heterocycles. The Morgan fingerprint density at radius 2 is 0.827 bits per heavy atom. The van der Waals surface area contributed by atoms with E-state index >= 15 is 0 Å². The number of hydrogen-bond donors (Lipinski definition) is 1. The van der Waals surface area contributed by atoms with Crippen LogP contribution in [0.2, 0.25) is 0 Å². The van der Waals surface area contributed by atoms with Crippen LogP contribution < -0.4 is 10.2 Å². The number of phosphoric acid groups is 1. The molecule has 0 aromatic carbocycles. The fourth-order valence-corrected chi connectivity index (χ4v) is 9.77. The number of carbonyl (C=O) groups excluding carboxylic acids is 2. The van der Waals surface area contributed by atoms with Crippen molar-refractivity contribution in [1.29, 1.82) is 0 Å². The number of likely N-dealkylation sites (N-methyl/N-ethyl adjacent to an activating group) is 1. The van der Waals surface area contributed by atoms with Gasteiger partial charge in [-0.25, -0.2) is 0 Å². The van der Waals surface area contributed by atoms with Crippen LogP contribution in [0.25, 0.3) is 0 Å². The molecule has 0 fully saturated rings. The van der Waals surface area contributed by atoms with Gasteiger partial charge in [-0.1, -0.05) is 268 Å². The maximum atomic E-state index is 13.5. The zero-order valence-corrected chi connectivity index (χ0v) is 50.9. The van der Waals surface area contributed by atoms with Gasteiger partial charge in [0.2, 0.25) is 5.91 Å². The van der Waals surface area contributed by atoms with Gasteiger partial charge in [0.25, 0.3) is 7.82 Å². The zero-order chi connectivity index (χ0) is 55.0. The summed E-state index contributed by atoms with van der Waals surface area (Å²) in [5.41, 5.74) is 0. The second-order valence-electron chi connectivity index (χ2n) is 22.6. The Bertz CT molecular complexity index is 1470. The molecule has 0 spiro atoms. The summed E-state index contributed by atoms with van der Waals surface area (Å²) in [6, 6.07) is -0.909. The number of unbranched alkanes of at least 4 members (excludes halogenated alkanes) is 33. The monoisotopic (exact) mass is 1070 g/mol. The molecule has 1 amide bonds. The van der Waals surface area contributed by atoms with Crippen LogP contribution in [-0.4, -0.2) is 69.4 Å². The summed E-state index contributed by atoms with van der Waals surface area (Å²) < 4.78 is 30.3. The van der Waals surface area contributed by atoms with Gasteiger partial charge in [-0.05, 0) is 70.3 Å². The van der Waals surface area contributed by atoms with E-state index in [0.717, 1.165) is 64.2 Å². The normalized spacial score (nSPS) is 14.1. The van der Waals surface area contributed by atoms with Crippen molar-refractivity contribution in [2.75, 3.05) is 40.9 Å². The molecule has 0 aliphatic rings. The number of nitrogens with zero attached hydrogens (tertiary/aromatic N) is 1. The van der Waals surface area contributed by atoms with Gasteiger partial charge < -0.3 is 28.5 Å². The Balaban J connectivity index is 5.33. The number of allylic oxidation sites excluding steroid dienone is 9. The molecule has 438 valence electrons. The SMILES string of the molecule is CCCCC/C=C\C/C=C\C/C=C\C/C=C\CCCC(=O)OC(/C=C/CCCCCCCCCCCCC)C(COP(=O)([O-])OCC[N+](C)(C)C)NC(=O)CCCCCCCCCCCCCCCCCCCCC. The Hall–Kier alpha value is -2.29. The molecule has 0 aliphatic carbocycles. The van der Waals surface area contributed by atoms with E-state index in [1.54, 1.807) is 0 Å². The number of nitrogens with one attached hydrogen (secondary N) is 1. The molecule has 0 aliphatic heterocycles. The topological polar surface area (TPSA) is 114 Å². The molecule has 0 rings (SSSR count). The molecule has 10 heteroatoms. The lowest BCUT2D eigenvalue weighted by Crippen LogP contribution is -2.47. The maximum Gasteiger partial charge on any atom is 0.306 e. The highest BCUT2D eigenvalue weighted by Crippen LogP contribution is 2.38. The molecular formula is C65H121N2O7P. The van der Waals surface area contributed by atoms with Crippen molar-refractivity contribution >= 4 is 19.7 Å².